The lowest BCUT2D eigenvalue weighted by Gasteiger charge is -2.13. The molecule has 8 heteroatoms. The predicted octanol–water partition coefficient (Wildman–Crippen LogP) is 3.99. The maximum Gasteiger partial charge on any atom is 0.435 e. The topological polar surface area (TPSA) is 46.9 Å². The smallest absolute Gasteiger partial charge is 0.349 e. The lowest BCUT2D eigenvalue weighted by Crippen LogP contribution is -2.34. The molecule has 1 aliphatic carbocycles. The van der Waals surface area contributed by atoms with Crippen molar-refractivity contribution >= 4 is 17.2 Å². The van der Waals surface area contributed by atoms with E-state index in [0.29, 0.717) is 0 Å². The molecule has 130 valence electrons. The Kier molecular flexibility index (Phi) is 4.67. The van der Waals surface area contributed by atoms with Crippen LogP contribution in [0.25, 0.3) is 0 Å². The molecule has 3 rings (SSSR count). The normalized spacial score (nSPS) is 15.8. The van der Waals surface area contributed by atoms with Crippen LogP contribution in [0.3, 0.4) is 0 Å². The van der Waals surface area contributed by atoms with Crippen molar-refractivity contribution in [1.29, 1.82) is 0 Å². The number of carbonyl (C=O) groups is 1. The Morgan fingerprint density at radius 3 is 2.71 bits per heavy atom. The molecule has 0 atom stereocenters. The number of hydrogen-bond donors (Lipinski definition) is 1. The molecule has 1 amide bonds. The molecule has 0 aromatic carbocycles. The lowest BCUT2D eigenvalue weighted by molar-refractivity contribution is -0.141. The molecular weight excluding hydrogens is 339 g/mol. The largest absolute Gasteiger partial charge is 0.435 e. The van der Waals surface area contributed by atoms with Crippen LogP contribution < -0.4 is 5.32 Å². The van der Waals surface area contributed by atoms with E-state index in [0.717, 1.165) is 30.6 Å². The van der Waals surface area contributed by atoms with Gasteiger partial charge in [0.2, 0.25) is 0 Å². The van der Waals surface area contributed by atoms with E-state index >= 15 is 0 Å². The van der Waals surface area contributed by atoms with Gasteiger partial charge in [-0.25, -0.2) is 0 Å². The molecule has 2 heterocycles. The van der Waals surface area contributed by atoms with E-state index in [2.05, 4.69) is 10.4 Å². The van der Waals surface area contributed by atoms with Crippen LogP contribution in [0.2, 0.25) is 0 Å². The van der Waals surface area contributed by atoms with Crippen molar-refractivity contribution in [3.05, 3.63) is 39.3 Å². The number of halogens is 3. The van der Waals surface area contributed by atoms with Gasteiger partial charge >= 0.3 is 6.18 Å². The van der Waals surface area contributed by atoms with Crippen molar-refractivity contribution in [1.82, 2.24) is 15.1 Å². The minimum Gasteiger partial charge on any atom is -0.349 e. The van der Waals surface area contributed by atoms with E-state index in [9.17, 15) is 18.0 Å². The summed E-state index contributed by atoms with van der Waals surface area (Å²) in [5.41, 5.74) is -1.22. The molecule has 2 aromatic heterocycles. The van der Waals surface area contributed by atoms with Crippen molar-refractivity contribution in [2.75, 3.05) is 0 Å². The Balaban J connectivity index is 1.93. The van der Waals surface area contributed by atoms with Crippen LogP contribution in [0, 0.1) is 6.92 Å². The van der Waals surface area contributed by atoms with E-state index in [1.54, 1.807) is 0 Å². The molecule has 0 aliphatic heterocycles. The van der Waals surface area contributed by atoms with Crippen LogP contribution in [-0.4, -0.2) is 21.7 Å². The first kappa shape index (κ1) is 17.0. The highest BCUT2D eigenvalue weighted by atomic mass is 32.1. The number of nitrogens with one attached hydrogen (secondary N) is 1. The van der Waals surface area contributed by atoms with Gasteiger partial charge in [0.25, 0.3) is 5.91 Å². The summed E-state index contributed by atoms with van der Waals surface area (Å²) in [6.45, 7) is 1.74. The molecule has 0 bridgehead atoms. The number of carbonyl (C=O) groups excluding carboxylic acids is 1. The van der Waals surface area contributed by atoms with Crippen molar-refractivity contribution < 1.29 is 18.0 Å². The minimum absolute atomic E-state index is 0.0429. The van der Waals surface area contributed by atoms with Crippen LogP contribution in [0.15, 0.2) is 17.5 Å². The van der Waals surface area contributed by atoms with Gasteiger partial charge in [-0.2, -0.15) is 18.3 Å². The molecule has 2 aromatic rings. The maximum atomic E-state index is 13.3. The molecule has 1 fully saturated rings. The second-order valence-corrected chi connectivity index (χ2v) is 7.03. The molecule has 0 radical (unpaired) electrons. The van der Waals surface area contributed by atoms with Crippen molar-refractivity contribution in [2.24, 2.45) is 0 Å². The van der Waals surface area contributed by atoms with Crippen LogP contribution >= 0.6 is 11.3 Å². The number of hydrogen-bond acceptors (Lipinski definition) is 3. The fraction of sp³-hybridized carbons (Fsp3) is 0.500. The summed E-state index contributed by atoms with van der Waals surface area (Å²) in [4.78, 5) is 13.3. The van der Waals surface area contributed by atoms with Gasteiger partial charge in [-0.1, -0.05) is 18.9 Å². The van der Waals surface area contributed by atoms with Gasteiger partial charge in [0, 0.05) is 16.6 Å². The van der Waals surface area contributed by atoms with Crippen LogP contribution in [-0.2, 0) is 12.7 Å². The molecule has 0 spiro atoms. The third kappa shape index (κ3) is 3.48. The van der Waals surface area contributed by atoms with Crippen molar-refractivity contribution in [2.45, 2.75) is 51.4 Å². The second-order valence-electron chi connectivity index (χ2n) is 6.00. The van der Waals surface area contributed by atoms with Crippen molar-refractivity contribution in [3.8, 4) is 0 Å². The Bertz CT molecular complexity index is 716. The first-order valence-electron chi connectivity index (χ1n) is 7.84. The number of amides is 1. The fourth-order valence-electron chi connectivity index (χ4n) is 3.05. The van der Waals surface area contributed by atoms with Gasteiger partial charge in [-0.3, -0.25) is 9.48 Å². The molecular formula is C16H18F3N3OS. The Labute approximate surface area is 141 Å². The summed E-state index contributed by atoms with van der Waals surface area (Å²) in [6.07, 6.45) is -1.04. The number of thiophene rings is 1. The SMILES string of the molecule is Cc1c(C(=O)NC2CCCC2)c(C(F)(F)F)nn1Cc1cccs1. The van der Waals surface area contributed by atoms with E-state index in [-0.39, 0.29) is 23.8 Å². The molecule has 1 saturated carbocycles. The van der Waals surface area contributed by atoms with Gasteiger partial charge in [-0.05, 0) is 31.2 Å². The average Bonchev–Trinajstić information content (AvgIpc) is 3.21. The predicted molar refractivity (Wildman–Crippen MR) is 85.1 cm³/mol. The van der Waals surface area contributed by atoms with E-state index in [1.165, 1.54) is 22.9 Å². The Morgan fingerprint density at radius 1 is 1.42 bits per heavy atom. The first-order chi connectivity index (χ1) is 11.4. The zero-order valence-electron chi connectivity index (χ0n) is 13.2. The summed E-state index contributed by atoms with van der Waals surface area (Å²) < 4.78 is 41.3. The lowest BCUT2D eigenvalue weighted by atomic mass is 10.1. The second kappa shape index (κ2) is 6.58. The van der Waals surface area contributed by atoms with E-state index in [1.807, 2.05) is 17.5 Å². The highest BCUT2D eigenvalue weighted by Crippen LogP contribution is 2.33. The highest BCUT2D eigenvalue weighted by Gasteiger charge is 2.41. The quantitative estimate of drug-likeness (QED) is 0.899. The summed E-state index contributed by atoms with van der Waals surface area (Å²) in [6, 6.07) is 3.62. The summed E-state index contributed by atoms with van der Waals surface area (Å²) in [5, 5.41) is 8.27. The first-order valence-corrected chi connectivity index (χ1v) is 8.72. The third-order valence-electron chi connectivity index (χ3n) is 4.28. The molecule has 4 nitrogen and oxygen atoms in total. The fourth-order valence-corrected chi connectivity index (χ4v) is 3.73. The van der Waals surface area contributed by atoms with Crippen molar-refractivity contribution in [3.63, 3.8) is 0 Å². The van der Waals surface area contributed by atoms with Gasteiger partial charge in [0.1, 0.15) is 0 Å². The number of rotatable bonds is 4. The van der Waals surface area contributed by atoms with Crippen LogP contribution in [0.4, 0.5) is 13.2 Å². The number of alkyl halides is 3. The molecule has 1 aliphatic rings. The van der Waals surface area contributed by atoms with E-state index in [4.69, 9.17) is 0 Å². The van der Waals surface area contributed by atoms with Crippen LogP contribution in [0.5, 0.6) is 0 Å². The Hall–Kier alpha value is -1.83. The zero-order chi connectivity index (χ0) is 17.3. The van der Waals surface area contributed by atoms with E-state index < -0.39 is 17.8 Å². The third-order valence-corrected chi connectivity index (χ3v) is 5.14. The Morgan fingerprint density at radius 2 is 2.12 bits per heavy atom. The molecule has 0 unspecified atom stereocenters. The summed E-state index contributed by atoms with van der Waals surface area (Å²) in [7, 11) is 0. The van der Waals surface area contributed by atoms with Crippen LogP contribution in [0.1, 0.15) is 52.3 Å². The minimum atomic E-state index is -4.66. The van der Waals surface area contributed by atoms with Gasteiger partial charge in [0.15, 0.2) is 5.69 Å². The number of nitrogens with zero attached hydrogens (tertiary/aromatic N) is 2. The molecule has 0 saturated heterocycles. The number of aromatic nitrogens is 2. The van der Waals surface area contributed by atoms with Gasteiger partial charge in [-0.15, -0.1) is 11.3 Å². The average molecular weight is 357 g/mol. The molecule has 1 N–H and O–H groups in total. The zero-order valence-corrected chi connectivity index (χ0v) is 14.0. The summed E-state index contributed by atoms with van der Waals surface area (Å²) >= 11 is 1.44. The molecule has 24 heavy (non-hydrogen) atoms. The maximum absolute atomic E-state index is 13.3. The summed E-state index contributed by atoms with van der Waals surface area (Å²) in [5.74, 6) is -0.677. The monoisotopic (exact) mass is 357 g/mol. The van der Waals surface area contributed by atoms with Gasteiger partial charge < -0.3 is 5.32 Å². The van der Waals surface area contributed by atoms with Gasteiger partial charge in [0.05, 0.1) is 12.1 Å². The highest BCUT2D eigenvalue weighted by molar-refractivity contribution is 7.09. The standard InChI is InChI=1S/C16H18F3N3OS/c1-10-13(15(23)20-11-5-2-3-6-11)14(16(17,18)19)21-22(10)9-12-7-4-8-24-12/h4,7-8,11H,2-3,5-6,9H2,1H3,(H,20,23).